The minimum atomic E-state index is 0.0261. The monoisotopic (exact) mass is 275 g/mol. The van der Waals surface area contributed by atoms with Gasteiger partial charge < -0.3 is 5.73 Å². The Hall–Kier alpha value is -2.12. The van der Waals surface area contributed by atoms with Gasteiger partial charge >= 0.3 is 0 Å². The SMILES string of the molecule is Cc1ccc(CC(N)c2ccc(C)c3ccccc23)cc1. The van der Waals surface area contributed by atoms with E-state index in [1.54, 1.807) is 0 Å². The van der Waals surface area contributed by atoms with Crippen LogP contribution in [0.25, 0.3) is 10.8 Å². The molecule has 0 saturated heterocycles. The fraction of sp³-hybridized carbons (Fsp3) is 0.200. The van der Waals surface area contributed by atoms with Crippen molar-refractivity contribution in [2.45, 2.75) is 26.3 Å². The second-order valence-electron chi connectivity index (χ2n) is 5.81. The fourth-order valence-electron chi connectivity index (χ4n) is 2.88. The van der Waals surface area contributed by atoms with Gasteiger partial charge in [0, 0.05) is 6.04 Å². The van der Waals surface area contributed by atoms with Gasteiger partial charge in [0.15, 0.2) is 0 Å². The molecule has 21 heavy (non-hydrogen) atoms. The zero-order valence-corrected chi connectivity index (χ0v) is 12.6. The zero-order valence-electron chi connectivity index (χ0n) is 12.6. The molecule has 0 spiro atoms. The largest absolute Gasteiger partial charge is 0.324 e. The van der Waals surface area contributed by atoms with E-state index in [4.69, 9.17) is 5.73 Å². The number of hydrogen-bond acceptors (Lipinski definition) is 1. The molecule has 3 aromatic carbocycles. The number of aryl methyl sites for hydroxylation is 2. The van der Waals surface area contributed by atoms with Gasteiger partial charge in [-0.05, 0) is 47.7 Å². The first-order valence-electron chi connectivity index (χ1n) is 7.44. The number of rotatable bonds is 3. The van der Waals surface area contributed by atoms with E-state index in [2.05, 4.69) is 74.5 Å². The third kappa shape index (κ3) is 2.84. The van der Waals surface area contributed by atoms with Gasteiger partial charge in [0.05, 0.1) is 0 Å². The molecular formula is C20H21N. The van der Waals surface area contributed by atoms with E-state index in [0.717, 1.165) is 6.42 Å². The molecule has 0 aliphatic heterocycles. The van der Waals surface area contributed by atoms with Gasteiger partial charge in [0.2, 0.25) is 0 Å². The second kappa shape index (κ2) is 5.71. The third-order valence-electron chi connectivity index (χ3n) is 4.15. The molecular weight excluding hydrogens is 254 g/mol. The van der Waals surface area contributed by atoms with Crippen LogP contribution in [0.2, 0.25) is 0 Å². The molecule has 0 fully saturated rings. The summed E-state index contributed by atoms with van der Waals surface area (Å²) in [5.41, 5.74) is 11.6. The summed E-state index contributed by atoms with van der Waals surface area (Å²) in [7, 11) is 0. The van der Waals surface area contributed by atoms with Crippen molar-refractivity contribution in [1.82, 2.24) is 0 Å². The fourth-order valence-corrected chi connectivity index (χ4v) is 2.88. The predicted octanol–water partition coefficient (Wildman–Crippen LogP) is 4.70. The maximum Gasteiger partial charge on any atom is 0.0341 e. The minimum absolute atomic E-state index is 0.0261. The zero-order chi connectivity index (χ0) is 14.8. The number of fused-ring (bicyclic) bond motifs is 1. The summed E-state index contributed by atoms with van der Waals surface area (Å²) in [4.78, 5) is 0. The number of benzene rings is 3. The molecule has 3 aromatic rings. The van der Waals surface area contributed by atoms with Crippen LogP contribution in [0.4, 0.5) is 0 Å². The van der Waals surface area contributed by atoms with E-state index < -0.39 is 0 Å². The maximum absolute atomic E-state index is 6.48. The van der Waals surface area contributed by atoms with Crippen molar-refractivity contribution in [2.24, 2.45) is 5.73 Å². The standard InChI is InChI=1S/C20H21N/c1-14-7-10-16(11-8-14)13-20(21)19-12-9-15(2)17-5-3-4-6-18(17)19/h3-12,20H,13,21H2,1-2H3. The summed E-state index contributed by atoms with van der Waals surface area (Å²) < 4.78 is 0. The first-order chi connectivity index (χ1) is 10.1. The summed E-state index contributed by atoms with van der Waals surface area (Å²) in [5, 5.41) is 2.58. The molecule has 0 heterocycles. The lowest BCUT2D eigenvalue weighted by Gasteiger charge is -2.16. The van der Waals surface area contributed by atoms with Crippen LogP contribution in [0.3, 0.4) is 0 Å². The Kier molecular flexibility index (Phi) is 3.76. The van der Waals surface area contributed by atoms with E-state index in [9.17, 15) is 0 Å². The van der Waals surface area contributed by atoms with Crippen molar-refractivity contribution in [1.29, 1.82) is 0 Å². The van der Waals surface area contributed by atoms with Crippen LogP contribution in [0.15, 0.2) is 60.7 Å². The molecule has 0 aromatic heterocycles. The minimum Gasteiger partial charge on any atom is -0.324 e. The molecule has 0 aliphatic rings. The topological polar surface area (TPSA) is 26.0 Å². The van der Waals surface area contributed by atoms with Crippen molar-refractivity contribution in [3.05, 3.63) is 82.9 Å². The Labute approximate surface area is 126 Å². The van der Waals surface area contributed by atoms with Gasteiger partial charge in [0.25, 0.3) is 0 Å². The van der Waals surface area contributed by atoms with Gasteiger partial charge in [-0.15, -0.1) is 0 Å². The van der Waals surface area contributed by atoms with Crippen LogP contribution < -0.4 is 5.73 Å². The number of hydrogen-bond donors (Lipinski definition) is 1. The smallest absolute Gasteiger partial charge is 0.0341 e. The van der Waals surface area contributed by atoms with E-state index >= 15 is 0 Å². The molecule has 1 atom stereocenters. The second-order valence-corrected chi connectivity index (χ2v) is 5.81. The molecule has 0 bridgehead atoms. The molecule has 0 radical (unpaired) electrons. The van der Waals surface area contributed by atoms with E-state index in [0.29, 0.717) is 0 Å². The predicted molar refractivity (Wildman–Crippen MR) is 90.5 cm³/mol. The molecule has 1 unspecified atom stereocenters. The van der Waals surface area contributed by atoms with Crippen LogP contribution >= 0.6 is 0 Å². The van der Waals surface area contributed by atoms with Crippen molar-refractivity contribution in [3.63, 3.8) is 0 Å². The molecule has 3 rings (SSSR count). The highest BCUT2D eigenvalue weighted by Gasteiger charge is 2.11. The van der Waals surface area contributed by atoms with Crippen LogP contribution in [-0.4, -0.2) is 0 Å². The lowest BCUT2D eigenvalue weighted by atomic mass is 9.92. The highest BCUT2D eigenvalue weighted by atomic mass is 14.6. The Morgan fingerprint density at radius 2 is 1.48 bits per heavy atom. The summed E-state index contributed by atoms with van der Waals surface area (Å²) in [6.45, 7) is 4.26. The van der Waals surface area contributed by atoms with E-state index in [1.807, 2.05) is 0 Å². The summed E-state index contributed by atoms with van der Waals surface area (Å²) in [6, 6.07) is 21.5. The van der Waals surface area contributed by atoms with Crippen LogP contribution in [-0.2, 0) is 6.42 Å². The van der Waals surface area contributed by atoms with E-state index in [1.165, 1.54) is 33.0 Å². The summed E-state index contributed by atoms with van der Waals surface area (Å²) in [5.74, 6) is 0. The van der Waals surface area contributed by atoms with Crippen molar-refractivity contribution >= 4 is 10.8 Å². The van der Waals surface area contributed by atoms with Crippen molar-refractivity contribution in [2.75, 3.05) is 0 Å². The Morgan fingerprint density at radius 3 is 2.19 bits per heavy atom. The van der Waals surface area contributed by atoms with Crippen molar-refractivity contribution in [3.8, 4) is 0 Å². The van der Waals surface area contributed by atoms with Crippen LogP contribution in [0, 0.1) is 13.8 Å². The average molecular weight is 275 g/mol. The van der Waals surface area contributed by atoms with Crippen LogP contribution in [0.5, 0.6) is 0 Å². The number of nitrogens with two attached hydrogens (primary N) is 1. The molecule has 106 valence electrons. The van der Waals surface area contributed by atoms with Gasteiger partial charge in [-0.25, -0.2) is 0 Å². The normalized spacial score (nSPS) is 12.5. The Balaban J connectivity index is 1.96. The highest BCUT2D eigenvalue weighted by molar-refractivity contribution is 5.88. The molecule has 0 saturated carbocycles. The highest BCUT2D eigenvalue weighted by Crippen LogP contribution is 2.27. The van der Waals surface area contributed by atoms with Crippen molar-refractivity contribution < 1.29 is 0 Å². The maximum atomic E-state index is 6.48. The Bertz CT molecular complexity index is 756. The molecule has 0 amide bonds. The van der Waals surface area contributed by atoms with Gasteiger partial charge in [-0.1, -0.05) is 66.2 Å². The molecule has 2 N–H and O–H groups in total. The summed E-state index contributed by atoms with van der Waals surface area (Å²) >= 11 is 0. The third-order valence-corrected chi connectivity index (χ3v) is 4.15. The first kappa shape index (κ1) is 13.8. The molecule has 0 aliphatic carbocycles. The van der Waals surface area contributed by atoms with Gasteiger partial charge in [-0.3, -0.25) is 0 Å². The molecule has 1 nitrogen and oxygen atoms in total. The quantitative estimate of drug-likeness (QED) is 0.736. The molecule has 1 heteroatoms. The van der Waals surface area contributed by atoms with Gasteiger partial charge in [-0.2, -0.15) is 0 Å². The van der Waals surface area contributed by atoms with Gasteiger partial charge in [0.1, 0.15) is 0 Å². The lowest BCUT2D eigenvalue weighted by molar-refractivity contribution is 0.728. The summed E-state index contributed by atoms with van der Waals surface area (Å²) in [6.07, 6.45) is 0.868. The van der Waals surface area contributed by atoms with Crippen LogP contribution in [0.1, 0.15) is 28.3 Å². The Morgan fingerprint density at radius 1 is 0.810 bits per heavy atom. The first-order valence-corrected chi connectivity index (χ1v) is 7.44. The lowest BCUT2D eigenvalue weighted by Crippen LogP contribution is -2.14. The average Bonchev–Trinajstić information content (AvgIpc) is 2.50. The van der Waals surface area contributed by atoms with E-state index in [-0.39, 0.29) is 6.04 Å².